The molecule has 0 atom stereocenters. The Balaban J connectivity index is 2.46. The van der Waals surface area contributed by atoms with E-state index in [-0.39, 0.29) is 5.41 Å². The molecule has 16 heavy (non-hydrogen) atoms. The third kappa shape index (κ3) is 2.07. The summed E-state index contributed by atoms with van der Waals surface area (Å²) in [5.41, 5.74) is 2.03. The number of aromatic amines is 1. The summed E-state index contributed by atoms with van der Waals surface area (Å²) in [5.74, 6) is 5.14. The van der Waals surface area contributed by atoms with E-state index in [1.54, 1.807) is 0 Å². The summed E-state index contributed by atoms with van der Waals surface area (Å²) in [4.78, 5) is 8.09. The van der Waals surface area contributed by atoms with Crippen LogP contribution in [-0.2, 0) is 10.3 Å². The highest BCUT2D eigenvalue weighted by molar-refractivity contribution is 6.31. The molecule has 0 aliphatic rings. The molecule has 4 heteroatoms. The van der Waals surface area contributed by atoms with Crippen molar-refractivity contribution in [2.45, 2.75) is 19.3 Å². The number of halogens is 1. The van der Waals surface area contributed by atoms with Crippen molar-refractivity contribution in [3.05, 3.63) is 35.0 Å². The van der Waals surface area contributed by atoms with Crippen molar-refractivity contribution >= 4 is 22.5 Å². The number of rotatable bonds is 3. The van der Waals surface area contributed by atoms with Crippen LogP contribution in [0.1, 0.15) is 19.5 Å². The molecule has 0 aliphatic carbocycles. The molecular weight excluding hydrogens is 224 g/mol. The number of H-pyrrole nitrogens is 1. The van der Waals surface area contributed by atoms with Crippen LogP contribution in [0, 0.1) is 0 Å². The predicted octanol–water partition coefficient (Wildman–Crippen LogP) is 2.99. The van der Waals surface area contributed by atoms with Crippen molar-refractivity contribution in [1.29, 1.82) is 0 Å². The SMILES string of the molecule is CC(C)(CON)c1cc2cc(Cl)ccc2[nH]1. The zero-order chi connectivity index (χ0) is 11.8. The van der Waals surface area contributed by atoms with Gasteiger partial charge >= 0.3 is 0 Å². The van der Waals surface area contributed by atoms with Crippen LogP contribution < -0.4 is 5.90 Å². The fourth-order valence-electron chi connectivity index (χ4n) is 1.75. The monoisotopic (exact) mass is 238 g/mol. The fourth-order valence-corrected chi connectivity index (χ4v) is 1.93. The number of hydrogen-bond donors (Lipinski definition) is 2. The van der Waals surface area contributed by atoms with Crippen molar-refractivity contribution in [2.75, 3.05) is 6.61 Å². The van der Waals surface area contributed by atoms with Gasteiger partial charge in [0.2, 0.25) is 0 Å². The summed E-state index contributed by atoms with van der Waals surface area (Å²) >= 11 is 5.94. The first-order valence-corrected chi connectivity index (χ1v) is 5.51. The maximum atomic E-state index is 5.94. The van der Waals surface area contributed by atoms with Gasteiger partial charge in [-0.25, -0.2) is 5.90 Å². The van der Waals surface area contributed by atoms with Crippen molar-refractivity contribution in [3.8, 4) is 0 Å². The van der Waals surface area contributed by atoms with E-state index in [1.807, 2.05) is 18.2 Å². The van der Waals surface area contributed by atoms with Crippen molar-refractivity contribution in [3.63, 3.8) is 0 Å². The first kappa shape index (κ1) is 11.5. The van der Waals surface area contributed by atoms with Gasteiger partial charge in [0.1, 0.15) is 0 Å². The first-order valence-electron chi connectivity index (χ1n) is 5.13. The van der Waals surface area contributed by atoms with E-state index in [0.717, 1.165) is 21.6 Å². The highest BCUT2D eigenvalue weighted by Crippen LogP contribution is 2.27. The fraction of sp³-hybridized carbons (Fsp3) is 0.333. The average molecular weight is 239 g/mol. The van der Waals surface area contributed by atoms with Crippen LogP contribution in [0.4, 0.5) is 0 Å². The standard InChI is InChI=1S/C12H15ClN2O/c1-12(2,7-16-14)11-6-8-5-9(13)3-4-10(8)15-11/h3-6,15H,7,14H2,1-2H3. The van der Waals surface area contributed by atoms with Crippen LogP contribution in [0.3, 0.4) is 0 Å². The molecule has 1 aromatic carbocycles. The lowest BCUT2D eigenvalue weighted by atomic mass is 9.90. The average Bonchev–Trinajstić information content (AvgIpc) is 2.61. The summed E-state index contributed by atoms with van der Waals surface area (Å²) in [7, 11) is 0. The highest BCUT2D eigenvalue weighted by atomic mass is 35.5. The predicted molar refractivity (Wildman–Crippen MR) is 66.5 cm³/mol. The molecule has 3 N–H and O–H groups in total. The van der Waals surface area contributed by atoms with Gasteiger partial charge in [0, 0.05) is 27.0 Å². The molecule has 1 heterocycles. The second kappa shape index (κ2) is 4.09. The zero-order valence-electron chi connectivity index (χ0n) is 9.38. The Morgan fingerprint density at radius 1 is 1.38 bits per heavy atom. The maximum Gasteiger partial charge on any atom is 0.0784 e. The number of nitrogens with two attached hydrogens (primary N) is 1. The Labute approximate surface area is 99.5 Å². The molecule has 0 aliphatic heterocycles. The lowest BCUT2D eigenvalue weighted by Gasteiger charge is -2.21. The van der Waals surface area contributed by atoms with Gasteiger partial charge in [0.25, 0.3) is 0 Å². The Kier molecular flexibility index (Phi) is 2.93. The molecule has 2 aromatic rings. The van der Waals surface area contributed by atoms with Crippen molar-refractivity contribution in [2.24, 2.45) is 5.90 Å². The van der Waals surface area contributed by atoms with E-state index < -0.39 is 0 Å². The van der Waals surface area contributed by atoms with Gasteiger partial charge in [-0.05, 0) is 24.3 Å². The molecule has 86 valence electrons. The van der Waals surface area contributed by atoms with E-state index >= 15 is 0 Å². The van der Waals surface area contributed by atoms with Crippen LogP contribution in [0.15, 0.2) is 24.3 Å². The molecule has 2 rings (SSSR count). The molecule has 0 amide bonds. The second-order valence-electron chi connectivity index (χ2n) is 4.61. The third-order valence-corrected chi connectivity index (χ3v) is 2.99. The topological polar surface area (TPSA) is 51.0 Å². The van der Waals surface area contributed by atoms with Gasteiger partial charge in [-0.3, -0.25) is 0 Å². The Bertz CT molecular complexity index is 505. The van der Waals surface area contributed by atoms with Gasteiger partial charge in [0.15, 0.2) is 0 Å². The lowest BCUT2D eigenvalue weighted by molar-refractivity contribution is 0.0952. The van der Waals surface area contributed by atoms with E-state index in [1.165, 1.54) is 0 Å². The van der Waals surface area contributed by atoms with E-state index in [9.17, 15) is 0 Å². The molecule has 0 saturated carbocycles. The summed E-state index contributed by atoms with van der Waals surface area (Å²) in [6, 6.07) is 7.87. The number of hydrogen-bond acceptors (Lipinski definition) is 2. The molecule has 0 unspecified atom stereocenters. The number of aromatic nitrogens is 1. The highest BCUT2D eigenvalue weighted by Gasteiger charge is 2.22. The summed E-state index contributed by atoms with van der Waals surface area (Å²) in [6.45, 7) is 4.62. The molecular formula is C12H15ClN2O. The van der Waals surface area contributed by atoms with Crippen molar-refractivity contribution in [1.82, 2.24) is 4.98 Å². The van der Waals surface area contributed by atoms with Crippen LogP contribution >= 0.6 is 11.6 Å². The van der Waals surface area contributed by atoms with E-state index in [0.29, 0.717) is 6.61 Å². The van der Waals surface area contributed by atoms with Gasteiger partial charge in [-0.1, -0.05) is 25.4 Å². The summed E-state index contributed by atoms with van der Waals surface area (Å²) in [5, 5.41) is 1.85. The minimum atomic E-state index is -0.139. The number of benzene rings is 1. The molecule has 0 bridgehead atoms. The van der Waals surface area contributed by atoms with E-state index in [4.69, 9.17) is 22.3 Å². The first-order chi connectivity index (χ1) is 7.53. The Morgan fingerprint density at radius 2 is 2.12 bits per heavy atom. The normalized spacial score (nSPS) is 12.2. The lowest BCUT2D eigenvalue weighted by Crippen LogP contribution is -2.26. The molecule has 1 aromatic heterocycles. The third-order valence-electron chi connectivity index (χ3n) is 2.76. The summed E-state index contributed by atoms with van der Waals surface area (Å²) < 4.78 is 0. The minimum Gasteiger partial charge on any atom is -0.358 e. The molecule has 0 saturated heterocycles. The molecule has 0 radical (unpaired) electrons. The Hall–Kier alpha value is -1.03. The van der Waals surface area contributed by atoms with Crippen LogP contribution in [0.5, 0.6) is 0 Å². The molecule has 0 spiro atoms. The van der Waals surface area contributed by atoms with Crippen LogP contribution in [0.25, 0.3) is 10.9 Å². The summed E-state index contributed by atoms with van der Waals surface area (Å²) in [6.07, 6.45) is 0. The Morgan fingerprint density at radius 3 is 2.81 bits per heavy atom. The van der Waals surface area contributed by atoms with Gasteiger partial charge < -0.3 is 9.82 Å². The zero-order valence-corrected chi connectivity index (χ0v) is 10.1. The van der Waals surface area contributed by atoms with Crippen molar-refractivity contribution < 1.29 is 4.84 Å². The number of fused-ring (bicyclic) bond motifs is 1. The smallest absolute Gasteiger partial charge is 0.0784 e. The molecule has 3 nitrogen and oxygen atoms in total. The maximum absolute atomic E-state index is 5.94. The van der Waals surface area contributed by atoms with Crippen LogP contribution in [0.2, 0.25) is 5.02 Å². The van der Waals surface area contributed by atoms with Crippen LogP contribution in [-0.4, -0.2) is 11.6 Å². The minimum absolute atomic E-state index is 0.139. The number of nitrogens with one attached hydrogen (secondary N) is 1. The van der Waals surface area contributed by atoms with Gasteiger partial charge in [-0.2, -0.15) is 0 Å². The molecule has 0 fully saturated rings. The largest absolute Gasteiger partial charge is 0.358 e. The second-order valence-corrected chi connectivity index (χ2v) is 5.05. The quantitative estimate of drug-likeness (QED) is 0.808. The van der Waals surface area contributed by atoms with E-state index in [2.05, 4.69) is 24.9 Å². The van der Waals surface area contributed by atoms with Gasteiger partial charge in [0.05, 0.1) is 6.61 Å². The van der Waals surface area contributed by atoms with Gasteiger partial charge in [-0.15, -0.1) is 0 Å².